The molecule has 1 aliphatic rings. The van der Waals surface area contributed by atoms with Crippen molar-refractivity contribution in [3.05, 3.63) is 77.9 Å². The van der Waals surface area contributed by atoms with Crippen LogP contribution in [0.4, 0.5) is 5.69 Å². The van der Waals surface area contributed by atoms with E-state index in [0.717, 1.165) is 29.2 Å². The van der Waals surface area contributed by atoms with E-state index < -0.39 is 18.5 Å². The van der Waals surface area contributed by atoms with Gasteiger partial charge in [0.25, 0.3) is 5.91 Å². The maximum Gasteiger partial charge on any atom is 0.340 e. The number of para-hydroxylation sites is 1. The van der Waals surface area contributed by atoms with Gasteiger partial charge in [0.1, 0.15) is 0 Å². The van der Waals surface area contributed by atoms with E-state index >= 15 is 0 Å². The summed E-state index contributed by atoms with van der Waals surface area (Å²) in [5, 5.41) is 7.58. The largest absolute Gasteiger partial charge is 0.452 e. The molecule has 1 fully saturated rings. The average Bonchev–Trinajstić information content (AvgIpc) is 3.35. The van der Waals surface area contributed by atoms with Crippen molar-refractivity contribution in [1.82, 2.24) is 5.32 Å². The summed E-state index contributed by atoms with van der Waals surface area (Å²) in [6.45, 7) is 0.708. The van der Waals surface area contributed by atoms with Gasteiger partial charge in [-0.2, -0.15) is 0 Å². The highest BCUT2D eigenvalue weighted by Gasteiger charge is 2.19. The van der Waals surface area contributed by atoms with Gasteiger partial charge in [-0.15, -0.1) is 0 Å². The second-order valence-electron chi connectivity index (χ2n) is 7.92. The van der Waals surface area contributed by atoms with Gasteiger partial charge in [-0.1, -0.05) is 54.6 Å². The van der Waals surface area contributed by atoms with Crippen LogP contribution in [0.5, 0.6) is 0 Å². The minimum absolute atomic E-state index is 0.0160. The molecule has 0 radical (unpaired) electrons. The van der Waals surface area contributed by atoms with Crippen molar-refractivity contribution in [3.8, 4) is 0 Å². The Balaban J connectivity index is 1.35. The summed E-state index contributed by atoms with van der Waals surface area (Å²) >= 11 is 0. The van der Waals surface area contributed by atoms with Crippen molar-refractivity contribution in [3.63, 3.8) is 0 Å². The minimum Gasteiger partial charge on any atom is -0.452 e. The zero-order chi connectivity index (χ0) is 23.0. The second-order valence-corrected chi connectivity index (χ2v) is 7.92. The summed E-state index contributed by atoms with van der Waals surface area (Å²) in [4.78, 5) is 37.3. The van der Waals surface area contributed by atoms with E-state index in [1.54, 1.807) is 24.3 Å². The number of fused-ring (bicyclic) bond motifs is 1. The van der Waals surface area contributed by atoms with Crippen molar-refractivity contribution in [2.45, 2.75) is 25.4 Å². The number of rotatable bonds is 8. The molecule has 0 saturated carbocycles. The predicted molar refractivity (Wildman–Crippen MR) is 125 cm³/mol. The molecule has 0 unspecified atom stereocenters. The minimum atomic E-state index is -0.677. The van der Waals surface area contributed by atoms with E-state index in [0.29, 0.717) is 18.8 Å². The van der Waals surface area contributed by atoms with Gasteiger partial charge in [-0.05, 0) is 41.3 Å². The Kier molecular flexibility index (Phi) is 7.32. The van der Waals surface area contributed by atoms with Gasteiger partial charge in [0, 0.05) is 13.2 Å². The van der Waals surface area contributed by atoms with Gasteiger partial charge < -0.3 is 20.1 Å². The first kappa shape index (κ1) is 22.5. The summed E-state index contributed by atoms with van der Waals surface area (Å²) in [6, 6.07) is 20.3. The van der Waals surface area contributed by atoms with Crippen LogP contribution in [0.15, 0.2) is 66.7 Å². The molecule has 7 heteroatoms. The van der Waals surface area contributed by atoms with E-state index in [-0.39, 0.29) is 24.0 Å². The van der Waals surface area contributed by atoms with Gasteiger partial charge in [0.15, 0.2) is 6.61 Å². The third-order valence-corrected chi connectivity index (χ3v) is 5.54. The summed E-state index contributed by atoms with van der Waals surface area (Å²) in [7, 11) is 0. The highest BCUT2D eigenvalue weighted by atomic mass is 16.5. The maximum atomic E-state index is 12.7. The number of amides is 2. The Morgan fingerprint density at radius 3 is 2.58 bits per heavy atom. The van der Waals surface area contributed by atoms with Crippen LogP contribution in [0, 0.1) is 0 Å². The maximum absolute atomic E-state index is 12.7. The molecule has 3 aromatic carbocycles. The van der Waals surface area contributed by atoms with Crippen LogP contribution >= 0.6 is 0 Å². The topological polar surface area (TPSA) is 93.7 Å². The van der Waals surface area contributed by atoms with Crippen LogP contribution in [0.1, 0.15) is 28.8 Å². The van der Waals surface area contributed by atoms with Crippen molar-refractivity contribution >= 4 is 34.2 Å². The fourth-order valence-electron chi connectivity index (χ4n) is 3.88. The molecule has 0 aromatic heterocycles. The molecule has 1 saturated heterocycles. The van der Waals surface area contributed by atoms with Crippen LogP contribution in [-0.4, -0.2) is 43.6 Å². The normalized spacial score (nSPS) is 15.2. The summed E-state index contributed by atoms with van der Waals surface area (Å²) in [5.74, 6) is -1.32. The van der Waals surface area contributed by atoms with Gasteiger partial charge in [0.05, 0.1) is 23.8 Å². The number of carbonyl (C=O) groups is 3. The predicted octanol–water partition coefficient (Wildman–Crippen LogP) is 3.47. The van der Waals surface area contributed by atoms with Crippen LogP contribution in [0.3, 0.4) is 0 Å². The highest BCUT2D eigenvalue weighted by molar-refractivity contribution is 6.03. The van der Waals surface area contributed by atoms with E-state index in [9.17, 15) is 14.4 Å². The molecule has 0 aliphatic carbocycles. The zero-order valence-corrected chi connectivity index (χ0v) is 18.2. The van der Waals surface area contributed by atoms with Crippen LogP contribution < -0.4 is 10.6 Å². The van der Waals surface area contributed by atoms with Gasteiger partial charge in [0.2, 0.25) is 5.91 Å². The molecule has 33 heavy (non-hydrogen) atoms. The lowest BCUT2D eigenvalue weighted by molar-refractivity contribution is -0.124. The molecule has 1 heterocycles. The molecular weight excluding hydrogens is 420 g/mol. The molecule has 0 spiro atoms. The van der Waals surface area contributed by atoms with Crippen molar-refractivity contribution in [2.75, 3.05) is 25.1 Å². The monoisotopic (exact) mass is 446 g/mol. The quantitative estimate of drug-likeness (QED) is 0.517. The third kappa shape index (κ3) is 5.96. The van der Waals surface area contributed by atoms with Gasteiger partial charge in [-0.3, -0.25) is 9.59 Å². The highest BCUT2D eigenvalue weighted by Crippen LogP contribution is 2.21. The lowest BCUT2D eigenvalue weighted by Crippen LogP contribution is -2.34. The number of hydrogen-bond donors (Lipinski definition) is 2. The van der Waals surface area contributed by atoms with Crippen molar-refractivity contribution in [2.24, 2.45) is 0 Å². The molecule has 170 valence electrons. The number of ether oxygens (including phenoxy) is 2. The number of benzene rings is 3. The SMILES string of the molecule is O=C(COC(=O)c1ccccc1NC(=O)Cc1cccc2ccccc12)NC[C@@H]1CCCO1. The number of carbonyl (C=O) groups excluding carboxylic acids is 3. The fraction of sp³-hybridized carbons (Fsp3) is 0.269. The van der Waals surface area contributed by atoms with Crippen molar-refractivity contribution in [1.29, 1.82) is 0 Å². The molecule has 1 atom stereocenters. The molecule has 2 amide bonds. The first-order valence-electron chi connectivity index (χ1n) is 11.0. The number of hydrogen-bond acceptors (Lipinski definition) is 5. The Bertz CT molecular complexity index is 1150. The Morgan fingerprint density at radius 1 is 0.939 bits per heavy atom. The number of anilines is 1. The molecule has 3 aromatic rings. The number of nitrogens with one attached hydrogen (secondary N) is 2. The second kappa shape index (κ2) is 10.7. The Labute approximate surface area is 192 Å². The summed E-state index contributed by atoms with van der Waals surface area (Å²) in [5.41, 5.74) is 1.43. The number of esters is 1. The summed E-state index contributed by atoms with van der Waals surface area (Å²) < 4.78 is 10.6. The zero-order valence-electron chi connectivity index (χ0n) is 18.2. The Hall–Kier alpha value is -3.71. The molecule has 4 rings (SSSR count). The van der Waals surface area contributed by atoms with Crippen LogP contribution in [0.2, 0.25) is 0 Å². The standard InChI is InChI=1S/C26H26N2O5/c29-24(15-19-9-5-8-18-7-1-2-11-21(18)19)28-23-13-4-3-12-22(23)26(31)33-17-25(30)27-16-20-10-6-14-32-20/h1-5,7-9,11-13,20H,6,10,14-17H2,(H,27,30)(H,28,29)/t20-/m0/s1. The van der Waals surface area contributed by atoms with Crippen molar-refractivity contribution < 1.29 is 23.9 Å². The van der Waals surface area contributed by atoms with Gasteiger partial charge in [-0.25, -0.2) is 4.79 Å². The fourth-order valence-corrected chi connectivity index (χ4v) is 3.88. The first-order valence-corrected chi connectivity index (χ1v) is 11.0. The molecular formula is C26H26N2O5. The lowest BCUT2D eigenvalue weighted by atomic mass is 10.0. The lowest BCUT2D eigenvalue weighted by Gasteiger charge is -2.13. The molecule has 2 N–H and O–H groups in total. The van der Waals surface area contributed by atoms with E-state index in [1.165, 1.54) is 0 Å². The smallest absolute Gasteiger partial charge is 0.340 e. The van der Waals surface area contributed by atoms with E-state index in [2.05, 4.69) is 10.6 Å². The molecule has 1 aliphatic heterocycles. The van der Waals surface area contributed by atoms with Crippen LogP contribution in [-0.2, 0) is 25.5 Å². The Morgan fingerprint density at radius 2 is 1.73 bits per heavy atom. The van der Waals surface area contributed by atoms with Crippen LogP contribution in [0.25, 0.3) is 10.8 Å². The van der Waals surface area contributed by atoms with E-state index in [1.807, 2.05) is 42.5 Å². The average molecular weight is 447 g/mol. The molecule has 0 bridgehead atoms. The first-order chi connectivity index (χ1) is 16.1. The molecule has 7 nitrogen and oxygen atoms in total. The van der Waals surface area contributed by atoms with E-state index in [4.69, 9.17) is 9.47 Å². The summed E-state index contributed by atoms with van der Waals surface area (Å²) in [6.07, 6.45) is 2.07. The van der Waals surface area contributed by atoms with Gasteiger partial charge >= 0.3 is 5.97 Å². The third-order valence-electron chi connectivity index (χ3n) is 5.54.